The van der Waals surface area contributed by atoms with E-state index in [1.165, 1.54) is 6.07 Å². The van der Waals surface area contributed by atoms with Crippen molar-refractivity contribution in [3.63, 3.8) is 0 Å². The molecule has 2 rings (SSSR count). The fourth-order valence-electron chi connectivity index (χ4n) is 2.51. The summed E-state index contributed by atoms with van der Waals surface area (Å²) in [5.41, 5.74) is 8.08. The Morgan fingerprint density at radius 1 is 1.16 bits per heavy atom. The molecule has 0 atom stereocenters. The molecule has 0 bridgehead atoms. The molecule has 2 aromatic rings. The van der Waals surface area contributed by atoms with Gasteiger partial charge in [-0.2, -0.15) is 0 Å². The predicted molar refractivity (Wildman–Crippen MR) is 102 cm³/mol. The van der Waals surface area contributed by atoms with Crippen molar-refractivity contribution in [2.24, 2.45) is 10.7 Å². The predicted octanol–water partition coefficient (Wildman–Crippen LogP) is 3.61. The van der Waals surface area contributed by atoms with Gasteiger partial charge in [0.05, 0.1) is 19.3 Å². The molecule has 0 saturated heterocycles. The average molecular weight is 344 g/mol. The van der Waals surface area contributed by atoms with E-state index >= 15 is 0 Å². The molecule has 3 N–H and O–H groups in total. The molecular weight excluding hydrogens is 319 g/mol. The molecule has 0 spiro atoms. The van der Waals surface area contributed by atoms with Crippen molar-refractivity contribution in [1.29, 1.82) is 0 Å². The van der Waals surface area contributed by atoms with E-state index in [4.69, 9.17) is 10.5 Å². The maximum atomic E-state index is 14.3. The average Bonchev–Trinajstić information content (AvgIpc) is 2.63. The molecule has 0 aliphatic rings. The smallest absolute Gasteiger partial charge is 0.193 e. The topological polar surface area (TPSA) is 62.9 Å². The van der Waals surface area contributed by atoms with Gasteiger partial charge >= 0.3 is 0 Å². The highest BCUT2D eigenvalue weighted by Crippen LogP contribution is 2.21. The summed E-state index contributed by atoms with van der Waals surface area (Å²) in [6.45, 7) is 5.86. The van der Waals surface area contributed by atoms with E-state index in [0.29, 0.717) is 12.2 Å². The van der Waals surface area contributed by atoms with Gasteiger partial charge in [-0.25, -0.2) is 9.38 Å². The van der Waals surface area contributed by atoms with Crippen molar-refractivity contribution in [3.05, 3.63) is 53.8 Å². The van der Waals surface area contributed by atoms with E-state index in [9.17, 15) is 4.39 Å². The van der Waals surface area contributed by atoms with Gasteiger partial charge in [-0.15, -0.1) is 0 Å². The molecule has 0 unspecified atom stereocenters. The van der Waals surface area contributed by atoms with Crippen molar-refractivity contribution >= 4 is 17.3 Å². The maximum Gasteiger partial charge on any atom is 0.193 e. The van der Waals surface area contributed by atoms with Gasteiger partial charge in [0.2, 0.25) is 0 Å². The third-order valence-corrected chi connectivity index (χ3v) is 3.91. The molecule has 0 fully saturated rings. The van der Waals surface area contributed by atoms with Crippen LogP contribution < -0.4 is 20.7 Å². The number of anilines is 2. The van der Waals surface area contributed by atoms with Gasteiger partial charge in [-0.3, -0.25) is 0 Å². The zero-order valence-electron chi connectivity index (χ0n) is 14.9. The molecular formula is C19H25FN4O. The summed E-state index contributed by atoms with van der Waals surface area (Å²) in [5.74, 6) is 0.807. The number of nitrogens with one attached hydrogen (secondary N) is 1. The standard InChI is InChI=1S/C19H25FN4O/c1-4-24(5-2)18-11-6-14(12-17(18)20)13-22-19(21)23-15-7-9-16(25-3)10-8-15/h6-12H,4-5,13H2,1-3H3,(H3,21,22,23). The third kappa shape index (κ3) is 5.11. The number of guanidine groups is 1. The molecule has 0 aromatic heterocycles. The van der Waals surface area contributed by atoms with Gasteiger partial charge < -0.3 is 20.7 Å². The second-order valence-corrected chi connectivity index (χ2v) is 5.51. The van der Waals surface area contributed by atoms with Crippen LogP contribution in [0, 0.1) is 5.82 Å². The molecule has 6 heteroatoms. The van der Waals surface area contributed by atoms with Gasteiger partial charge in [-0.05, 0) is 55.8 Å². The number of aliphatic imine (C=N–C) groups is 1. The van der Waals surface area contributed by atoms with Gasteiger partial charge in [0.25, 0.3) is 0 Å². The number of halogens is 1. The molecule has 5 nitrogen and oxygen atoms in total. The SMILES string of the molecule is CCN(CC)c1ccc(CN=C(N)Nc2ccc(OC)cc2)cc1F. The summed E-state index contributed by atoms with van der Waals surface area (Å²) < 4.78 is 19.4. The van der Waals surface area contributed by atoms with E-state index in [1.54, 1.807) is 13.2 Å². The number of hydrogen-bond acceptors (Lipinski definition) is 3. The van der Waals surface area contributed by atoms with Crippen molar-refractivity contribution < 1.29 is 9.13 Å². The molecule has 0 heterocycles. The van der Waals surface area contributed by atoms with E-state index in [0.717, 1.165) is 30.1 Å². The fourth-order valence-corrected chi connectivity index (χ4v) is 2.51. The van der Waals surface area contributed by atoms with Crippen LogP contribution in [0.15, 0.2) is 47.5 Å². The highest BCUT2D eigenvalue weighted by atomic mass is 19.1. The second kappa shape index (κ2) is 8.92. The largest absolute Gasteiger partial charge is 0.497 e. The lowest BCUT2D eigenvalue weighted by atomic mass is 10.2. The lowest BCUT2D eigenvalue weighted by Crippen LogP contribution is -2.23. The van der Waals surface area contributed by atoms with Crippen LogP contribution >= 0.6 is 0 Å². The molecule has 0 saturated carbocycles. The van der Waals surface area contributed by atoms with E-state index in [2.05, 4.69) is 10.3 Å². The number of methoxy groups -OCH3 is 1. The Balaban J connectivity index is 2.01. The summed E-state index contributed by atoms with van der Waals surface area (Å²) in [7, 11) is 1.61. The second-order valence-electron chi connectivity index (χ2n) is 5.51. The van der Waals surface area contributed by atoms with E-state index in [-0.39, 0.29) is 11.8 Å². The van der Waals surface area contributed by atoms with Gasteiger partial charge in [0.15, 0.2) is 5.96 Å². The van der Waals surface area contributed by atoms with Crippen LogP contribution in [0.25, 0.3) is 0 Å². The zero-order valence-corrected chi connectivity index (χ0v) is 14.9. The first kappa shape index (κ1) is 18.6. The third-order valence-electron chi connectivity index (χ3n) is 3.91. The van der Waals surface area contributed by atoms with Crippen LogP contribution in [0.5, 0.6) is 5.75 Å². The normalized spacial score (nSPS) is 11.3. The Morgan fingerprint density at radius 3 is 2.40 bits per heavy atom. The zero-order chi connectivity index (χ0) is 18.2. The van der Waals surface area contributed by atoms with Crippen LogP contribution in [0.1, 0.15) is 19.4 Å². The molecule has 134 valence electrons. The van der Waals surface area contributed by atoms with E-state index in [1.807, 2.05) is 49.1 Å². The first-order chi connectivity index (χ1) is 12.1. The van der Waals surface area contributed by atoms with Crippen molar-refractivity contribution in [3.8, 4) is 5.75 Å². The fraction of sp³-hybridized carbons (Fsp3) is 0.316. The van der Waals surface area contributed by atoms with Crippen LogP contribution in [-0.2, 0) is 6.54 Å². The molecule has 0 aliphatic heterocycles. The van der Waals surface area contributed by atoms with Crippen LogP contribution in [0.2, 0.25) is 0 Å². The van der Waals surface area contributed by atoms with Crippen LogP contribution in [-0.4, -0.2) is 26.2 Å². The molecule has 25 heavy (non-hydrogen) atoms. The molecule has 0 radical (unpaired) electrons. The summed E-state index contributed by atoms with van der Waals surface area (Å²) >= 11 is 0. The summed E-state index contributed by atoms with van der Waals surface area (Å²) in [5, 5.41) is 3.00. The number of benzene rings is 2. The summed E-state index contributed by atoms with van der Waals surface area (Å²) in [6.07, 6.45) is 0. The molecule has 0 aliphatic carbocycles. The molecule has 0 amide bonds. The Morgan fingerprint density at radius 2 is 1.84 bits per heavy atom. The van der Waals surface area contributed by atoms with Gasteiger partial charge in [0, 0.05) is 18.8 Å². The first-order valence-corrected chi connectivity index (χ1v) is 8.31. The van der Waals surface area contributed by atoms with E-state index < -0.39 is 0 Å². The minimum atomic E-state index is -0.238. The minimum Gasteiger partial charge on any atom is -0.497 e. The minimum absolute atomic E-state index is 0.238. The van der Waals surface area contributed by atoms with Gasteiger partial charge in [-0.1, -0.05) is 6.07 Å². The Labute approximate surface area is 148 Å². The van der Waals surface area contributed by atoms with Crippen molar-refractivity contribution in [1.82, 2.24) is 0 Å². The van der Waals surface area contributed by atoms with Crippen molar-refractivity contribution in [2.75, 3.05) is 30.4 Å². The number of rotatable bonds is 7. The van der Waals surface area contributed by atoms with Crippen molar-refractivity contribution in [2.45, 2.75) is 20.4 Å². The van der Waals surface area contributed by atoms with Gasteiger partial charge in [0.1, 0.15) is 11.6 Å². The van der Waals surface area contributed by atoms with Crippen LogP contribution in [0.4, 0.5) is 15.8 Å². The summed E-state index contributed by atoms with van der Waals surface area (Å²) in [4.78, 5) is 6.23. The highest BCUT2D eigenvalue weighted by molar-refractivity contribution is 5.92. The Bertz CT molecular complexity index is 712. The Kier molecular flexibility index (Phi) is 6.62. The lowest BCUT2D eigenvalue weighted by Gasteiger charge is -2.21. The number of ether oxygens (including phenoxy) is 1. The number of nitrogens with zero attached hydrogens (tertiary/aromatic N) is 2. The van der Waals surface area contributed by atoms with Crippen LogP contribution in [0.3, 0.4) is 0 Å². The highest BCUT2D eigenvalue weighted by Gasteiger charge is 2.09. The monoisotopic (exact) mass is 344 g/mol. The Hall–Kier alpha value is -2.76. The number of nitrogens with two attached hydrogens (primary N) is 1. The quantitative estimate of drug-likeness (QED) is 0.595. The molecule has 2 aromatic carbocycles. The lowest BCUT2D eigenvalue weighted by molar-refractivity contribution is 0.415. The first-order valence-electron chi connectivity index (χ1n) is 8.31. The maximum absolute atomic E-state index is 14.3. The summed E-state index contributed by atoms with van der Waals surface area (Å²) in [6, 6.07) is 12.5. The number of hydrogen-bond donors (Lipinski definition) is 2.